The Morgan fingerprint density at radius 1 is 1.29 bits per heavy atom. The van der Waals surface area contributed by atoms with Gasteiger partial charge in [0.15, 0.2) is 5.82 Å². The minimum absolute atomic E-state index is 0.0699. The Labute approximate surface area is 148 Å². The number of nitrogens with one attached hydrogen (secondary N) is 2. The molecule has 0 atom stereocenters. The Morgan fingerprint density at radius 2 is 2.08 bits per heavy atom. The highest BCUT2D eigenvalue weighted by Crippen LogP contribution is 2.16. The Morgan fingerprint density at radius 3 is 2.71 bits per heavy atom. The summed E-state index contributed by atoms with van der Waals surface area (Å²) in [6.07, 6.45) is 0.738. The van der Waals surface area contributed by atoms with Crippen LogP contribution in [0.3, 0.4) is 0 Å². The van der Waals surface area contributed by atoms with Gasteiger partial charge in [-0.2, -0.15) is 0 Å². The molecule has 0 aliphatic rings. The lowest BCUT2D eigenvalue weighted by Gasteiger charge is -2.21. The molecular weight excluding hydrogens is 376 g/mol. The molecule has 0 saturated heterocycles. The minimum Gasteiger partial charge on any atom is -0.360 e. The maximum atomic E-state index is 12.4. The van der Waals surface area contributed by atoms with Crippen LogP contribution in [0.1, 0.15) is 19.1 Å². The van der Waals surface area contributed by atoms with Gasteiger partial charge in [0.05, 0.1) is 0 Å². The van der Waals surface area contributed by atoms with Crippen molar-refractivity contribution in [2.24, 2.45) is 0 Å². The van der Waals surface area contributed by atoms with Gasteiger partial charge in [0.1, 0.15) is 12.3 Å². The van der Waals surface area contributed by atoms with Gasteiger partial charge in [-0.3, -0.25) is 4.79 Å². The number of carbonyl (C=O) groups excluding carboxylic acids is 2. The third-order valence-corrected chi connectivity index (χ3v) is 3.58. The molecule has 0 spiro atoms. The number of amides is 3. The molecule has 0 radical (unpaired) electrons. The van der Waals surface area contributed by atoms with Crippen LogP contribution in [-0.4, -0.2) is 35.1 Å². The van der Waals surface area contributed by atoms with Crippen molar-refractivity contribution in [1.82, 2.24) is 10.1 Å². The molecule has 2 rings (SSSR count). The predicted molar refractivity (Wildman–Crippen MR) is 94.9 cm³/mol. The molecule has 8 heteroatoms. The van der Waals surface area contributed by atoms with Crippen molar-refractivity contribution in [3.05, 3.63) is 40.6 Å². The average Bonchev–Trinajstić information content (AvgIpc) is 2.91. The zero-order valence-corrected chi connectivity index (χ0v) is 15.1. The fraction of sp³-hybridized carbons (Fsp3) is 0.312. The van der Waals surface area contributed by atoms with Crippen molar-refractivity contribution < 1.29 is 14.1 Å². The first kappa shape index (κ1) is 18.0. The summed E-state index contributed by atoms with van der Waals surface area (Å²) in [7, 11) is 0. The standard InChI is InChI=1S/C16H19BrN4O3/c1-3-7-21(10-15(22)19-14-8-11(2)24-20-14)16(23)18-13-6-4-5-12(17)9-13/h4-6,8-9H,3,7,10H2,1-2H3,(H,18,23)(H,19,20,22). The molecule has 128 valence electrons. The Bertz CT molecular complexity index is 717. The fourth-order valence-corrected chi connectivity index (χ4v) is 2.47. The second kappa shape index (κ2) is 8.49. The van der Waals surface area contributed by atoms with Crippen molar-refractivity contribution in [3.63, 3.8) is 0 Å². The summed E-state index contributed by atoms with van der Waals surface area (Å²) in [5.74, 6) is 0.602. The number of carbonyl (C=O) groups is 2. The van der Waals surface area contributed by atoms with E-state index in [1.165, 1.54) is 4.90 Å². The molecule has 1 aromatic carbocycles. The lowest BCUT2D eigenvalue weighted by molar-refractivity contribution is -0.116. The van der Waals surface area contributed by atoms with E-state index in [-0.39, 0.29) is 18.5 Å². The summed E-state index contributed by atoms with van der Waals surface area (Å²) >= 11 is 3.35. The van der Waals surface area contributed by atoms with Crippen LogP contribution in [0.25, 0.3) is 0 Å². The number of hydrogen-bond donors (Lipinski definition) is 2. The largest absolute Gasteiger partial charge is 0.360 e. The van der Waals surface area contributed by atoms with Crippen molar-refractivity contribution in [2.75, 3.05) is 23.7 Å². The van der Waals surface area contributed by atoms with Gasteiger partial charge < -0.3 is 20.1 Å². The number of urea groups is 1. The van der Waals surface area contributed by atoms with E-state index < -0.39 is 0 Å². The fourth-order valence-electron chi connectivity index (χ4n) is 2.07. The second-order valence-electron chi connectivity index (χ2n) is 5.23. The molecular formula is C16H19BrN4O3. The second-order valence-corrected chi connectivity index (χ2v) is 6.15. The molecule has 0 fully saturated rings. The highest BCUT2D eigenvalue weighted by atomic mass is 79.9. The van der Waals surface area contributed by atoms with Gasteiger partial charge in [-0.25, -0.2) is 4.79 Å². The first-order valence-electron chi connectivity index (χ1n) is 7.52. The number of anilines is 2. The summed E-state index contributed by atoms with van der Waals surface area (Å²) in [6, 6.07) is 8.55. The SMILES string of the molecule is CCCN(CC(=O)Nc1cc(C)on1)C(=O)Nc1cccc(Br)c1. The molecule has 0 saturated carbocycles. The molecule has 0 aliphatic heterocycles. The van der Waals surface area contributed by atoms with Crippen molar-refractivity contribution in [3.8, 4) is 0 Å². The molecule has 0 unspecified atom stereocenters. The normalized spacial score (nSPS) is 10.3. The molecule has 1 aromatic heterocycles. The number of nitrogens with zero attached hydrogens (tertiary/aromatic N) is 2. The van der Waals surface area contributed by atoms with Gasteiger partial charge in [0.2, 0.25) is 5.91 Å². The first-order valence-corrected chi connectivity index (χ1v) is 8.32. The third kappa shape index (κ3) is 5.38. The number of hydrogen-bond acceptors (Lipinski definition) is 4. The number of halogens is 1. The monoisotopic (exact) mass is 394 g/mol. The maximum Gasteiger partial charge on any atom is 0.322 e. The van der Waals surface area contributed by atoms with E-state index in [0.717, 1.165) is 10.9 Å². The average molecular weight is 395 g/mol. The van der Waals surface area contributed by atoms with Gasteiger partial charge in [0, 0.05) is 22.8 Å². The van der Waals surface area contributed by atoms with Gasteiger partial charge in [-0.05, 0) is 31.5 Å². The molecule has 2 N–H and O–H groups in total. The van der Waals surface area contributed by atoms with Gasteiger partial charge in [0.25, 0.3) is 0 Å². The smallest absolute Gasteiger partial charge is 0.322 e. The summed E-state index contributed by atoms with van der Waals surface area (Å²) in [5.41, 5.74) is 0.656. The topological polar surface area (TPSA) is 87.5 Å². The molecule has 0 aliphatic carbocycles. The van der Waals surface area contributed by atoms with Crippen LogP contribution < -0.4 is 10.6 Å². The lowest BCUT2D eigenvalue weighted by Crippen LogP contribution is -2.41. The van der Waals surface area contributed by atoms with E-state index in [1.807, 2.05) is 19.1 Å². The van der Waals surface area contributed by atoms with Crippen molar-refractivity contribution in [1.29, 1.82) is 0 Å². The van der Waals surface area contributed by atoms with Crippen LogP contribution in [0.4, 0.5) is 16.3 Å². The first-order chi connectivity index (χ1) is 11.5. The minimum atomic E-state index is -0.332. The third-order valence-electron chi connectivity index (χ3n) is 3.09. The molecule has 24 heavy (non-hydrogen) atoms. The van der Waals surface area contributed by atoms with E-state index in [4.69, 9.17) is 4.52 Å². The van der Waals surface area contributed by atoms with Gasteiger partial charge in [-0.1, -0.05) is 34.1 Å². The summed E-state index contributed by atoms with van der Waals surface area (Å²) in [6.45, 7) is 4.07. The van der Waals surface area contributed by atoms with Crippen molar-refractivity contribution in [2.45, 2.75) is 20.3 Å². The highest BCUT2D eigenvalue weighted by molar-refractivity contribution is 9.10. The molecule has 1 heterocycles. The van der Waals surface area contributed by atoms with Crippen molar-refractivity contribution >= 4 is 39.4 Å². The maximum absolute atomic E-state index is 12.4. The van der Waals surface area contributed by atoms with Crippen LogP contribution in [0.2, 0.25) is 0 Å². The van der Waals surface area contributed by atoms with E-state index in [0.29, 0.717) is 23.8 Å². The number of rotatable bonds is 6. The highest BCUT2D eigenvalue weighted by Gasteiger charge is 2.17. The number of aryl methyl sites for hydroxylation is 1. The van der Waals surface area contributed by atoms with E-state index in [9.17, 15) is 9.59 Å². The van der Waals surface area contributed by atoms with E-state index >= 15 is 0 Å². The quantitative estimate of drug-likeness (QED) is 0.782. The zero-order chi connectivity index (χ0) is 17.5. The van der Waals surface area contributed by atoms with Gasteiger partial charge in [-0.15, -0.1) is 0 Å². The Balaban J connectivity index is 1.97. The predicted octanol–water partition coefficient (Wildman–Crippen LogP) is 3.63. The van der Waals surface area contributed by atoms with Crippen LogP contribution in [0.5, 0.6) is 0 Å². The van der Waals surface area contributed by atoms with Crippen LogP contribution >= 0.6 is 15.9 Å². The summed E-state index contributed by atoms with van der Waals surface area (Å²) in [5, 5.41) is 9.09. The lowest BCUT2D eigenvalue weighted by atomic mass is 10.3. The molecule has 0 bridgehead atoms. The Kier molecular flexibility index (Phi) is 6.36. The zero-order valence-electron chi connectivity index (χ0n) is 13.5. The van der Waals surface area contributed by atoms with Gasteiger partial charge >= 0.3 is 6.03 Å². The van der Waals surface area contributed by atoms with Crippen LogP contribution in [0.15, 0.2) is 39.3 Å². The Hall–Kier alpha value is -2.35. The molecule has 2 aromatic rings. The molecule has 3 amide bonds. The van der Waals surface area contributed by atoms with Crippen LogP contribution in [0, 0.1) is 6.92 Å². The number of benzene rings is 1. The molecule has 7 nitrogen and oxygen atoms in total. The number of aromatic nitrogens is 1. The van der Waals surface area contributed by atoms with E-state index in [1.54, 1.807) is 25.1 Å². The van der Waals surface area contributed by atoms with E-state index in [2.05, 4.69) is 31.7 Å². The summed E-state index contributed by atoms with van der Waals surface area (Å²) in [4.78, 5) is 25.9. The summed E-state index contributed by atoms with van der Waals surface area (Å²) < 4.78 is 5.76. The van der Waals surface area contributed by atoms with Crippen LogP contribution in [-0.2, 0) is 4.79 Å².